The Morgan fingerprint density at radius 2 is 1.94 bits per heavy atom. The van der Waals surface area contributed by atoms with Gasteiger partial charge in [0.2, 0.25) is 0 Å². The Bertz CT molecular complexity index is 515. The van der Waals surface area contributed by atoms with Gasteiger partial charge >= 0.3 is 0 Å². The van der Waals surface area contributed by atoms with E-state index in [0.717, 1.165) is 17.1 Å². The summed E-state index contributed by atoms with van der Waals surface area (Å²) in [6.45, 7) is 6.15. The molecule has 5 nitrogen and oxygen atoms in total. The Labute approximate surface area is 101 Å². The number of nitrogens with zero attached hydrogens (tertiary/aromatic N) is 4. The highest BCUT2D eigenvalue weighted by Gasteiger charge is 2.26. The van der Waals surface area contributed by atoms with Gasteiger partial charge in [-0.1, -0.05) is 18.2 Å². The maximum atomic E-state index is 4.12. The summed E-state index contributed by atoms with van der Waals surface area (Å²) in [6, 6.07) is 8.06. The molecule has 0 bridgehead atoms. The Hall–Kier alpha value is -1.75. The predicted molar refractivity (Wildman–Crippen MR) is 66.0 cm³/mol. The van der Waals surface area contributed by atoms with Gasteiger partial charge in [0.15, 0.2) is 5.82 Å². The van der Waals surface area contributed by atoms with E-state index in [1.54, 1.807) is 4.68 Å². The van der Waals surface area contributed by atoms with E-state index in [1.165, 1.54) is 0 Å². The molecule has 0 unspecified atom stereocenters. The van der Waals surface area contributed by atoms with E-state index in [2.05, 4.69) is 20.8 Å². The lowest BCUT2D eigenvalue weighted by Crippen LogP contribution is -2.36. The zero-order valence-corrected chi connectivity index (χ0v) is 10.6. The molecule has 1 aromatic carbocycles. The molecule has 2 aromatic rings. The van der Waals surface area contributed by atoms with Gasteiger partial charge in [0.1, 0.15) is 0 Å². The summed E-state index contributed by atoms with van der Waals surface area (Å²) in [5.41, 5.74) is 1.88. The van der Waals surface area contributed by atoms with Gasteiger partial charge in [-0.05, 0) is 49.9 Å². The van der Waals surface area contributed by atoms with Crippen LogP contribution in [0.1, 0.15) is 25.2 Å². The standard InChI is InChI=1S/C12H17N5/c1-9-7-5-6-8-10(9)17-11(14-15-16-17)12(2,3)13-4/h5-8,13H,1-4H3. The molecular formula is C12H17N5. The first-order valence-electron chi connectivity index (χ1n) is 5.60. The minimum absolute atomic E-state index is 0.272. The molecule has 0 amide bonds. The summed E-state index contributed by atoms with van der Waals surface area (Å²) >= 11 is 0. The van der Waals surface area contributed by atoms with Crippen molar-refractivity contribution in [3.63, 3.8) is 0 Å². The smallest absolute Gasteiger partial charge is 0.176 e. The molecule has 0 saturated carbocycles. The van der Waals surface area contributed by atoms with Crippen LogP contribution in [0, 0.1) is 6.92 Å². The normalized spacial score (nSPS) is 11.8. The summed E-state index contributed by atoms with van der Waals surface area (Å²) < 4.78 is 1.78. The van der Waals surface area contributed by atoms with Crippen molar-refractivity contribution in [2.75, 3.05) is 7.05 Å². The van der Waals surface area contributed by atoms with Gasteiger partial charge in [-0.3, -0.25) is 0 Å². The topological polar surface area (TPSA) is 55.6 Å². The largest absolute Gasteiger partial charge is 0.308 e. The van der Waals surface area contributed by atoms with Crippen LogP contribution in [0.3, 0.4) is 0 Å². The molecular weight excluding hydrogens is 214 g/mol. The van der Waals surface area contributed by atoms with Crippen LogP contribution >= 0.6 is 0 Å². The SMILES string of the molecule is CNC(C)(C)c1nnnn1-c1ccccc1C. The second-order valence-corrected chi connectivity index (χ2v) is 4.58. The molecule has 0 aliphatic heterocycles. The molecule has 2 rings (SSSR count). The van der Waals surface area contributed by atoms with Gasteiger partial charge in [0, 0.05) is 0 Å². The van der Waals surface area contributed by atoms with E-state index < -0.39 is 0 Å². The fourth-order valence-electron chi connectivity index (χ4n) is 1.65. The van der Waals surface area contributed by atoms with Crippen LogP contribution in [0.4, 0.5) is 0 Å². The van der Waals surface area contributed by atoms with Crippen LogP contribution in [0.2, 0.25) is 0 Å². The summed E-state index contributed by atoms with van der Waals surface area (Å²) in [6.07, 6.45) is 0. The average molecular weight is 231 g/mol. The van der Waals surface area contributed by atoms with Gasteiger partial charge in [-0.15, -0.1) is 5.10 Å². The van der Waals surface area contributed by atoms with Crippen molar-refractivity contribution in [3.8, 4) is 5.69 Å². The molecule has 0 saturated heterocycles. The third-order valence-corrected chi connectivity index (χ3v) is 3.00. The maximum Gasteiger partial charge on any atom is 0.176 e. The highest BCUT2D eigenvalue weighted by atomic mass is 15.6. The van der Waals surface area contributed by atoms with Crippen molar-refractivity contribution in [2.45, 2.75) is 26.3 Å². The fourth-order valence-corrected chi connectivity index (χ4v) is 1.65. The van der Waals surface area contributed by atoms with Crippen molar-refractivity contribution >= 4 is 0 Å². The van der Waals surface area contributed by atoms with Gasteiger partial charge in [-0.2, -0.15) is 4.68 Å². The molecule has 0 aliphatic rings. The molecule has 0 spiro atoms. The van der Waals surface area contributed by atoms with Gasteiger partial charge in [0.05, 0.1) is 11.2 Å². The number of benzene rings is 1. The van der Waals surface area contributed by atoms with E-state index in [9.17, 15) is 0 Å². The first-order chi connectivity index (χ1) is 8.06. The third kappa shape index (κ3) is 2.06. The number of hydrogen-bond acceptors (Lipinski definition) is 4. The first kappa shape index (κ1) is 11.7. The number of nitrogens with one attached hydrogen (secondary N) is 1. The molecule has 0 aliphatic carbocycles. The maximum absolute atomic E-state index is 4.12. The average Bonchev–Trinajstić information content (AvgIpc) is 2.79. The van der Waals surface area contributed by atoms with Crippen LogP contribution in [0.15, 0.2) is 24.3 Å². The number of rotatable bonds is 3. The van der Waals surface area contributed by atoms with Crippen LogP contribution in [0.25, 0.3) is 5.69 Å². The molecule has 90 valence electrons. The molecule has 17 heavy (non-hydrogen) atoms. The monoisotopic (exact) mass is 231 g/mol. The van der Waals surface area contributed by atoms with Crippen LogP contribution in [0.5, 0.6) is 0 Å². The van der Waals surface area contributed by atoms with Crippen molar-refractivity contribution in [1.82, 2.24) is 25.5 Å². The lowest BCUT2D eigenvalue weighted by molar-refractivity contribution is 0.406. The molecule has 0 fully saturated rings. The summed E-state index contributed by atoms with van der Waals surface area (Å²) in [7, 11) is 1.90. The zero-order chi connectivity index (χ0) is 12.5. The first-order valence-corrected chi connectivity index (χ1v) is 5.60. The lowest BCUT2D eigenvalue weighted by atomic mass is 10.0. The number of para-hydroxylation sites is 1. The lowest BCUT2D eigenvalue weighted by Gasteiger charge is -2.22. The number of aryl methyl sites for hydroxylation is 1. The van der Waals surface area contributed by atoms with E-state index in [4.69, 9.17) is 0 Å². The molecule has 5 heteroatoms. The number of aromatic nitrogens is 4. The van der Waals surface area contributed by atoms with E-state index in [0.29, 0.717) is 0 Å². The van der Waals surface area contributed by atoms with Crippen molar-refractivity contribution in [1.29, 1.82) is 0 Å². The molecule has 0 atom stereocenters. The zero-order valence-electron chi connectivity index (χ0n) is 10.6. The Kier molecular flexibility index (Phi) is 2.93. The van der Waals surface area contributed by atoms with Gasteiger partial charge in [-0.25, -0.2) is 0 Å². The second kappa shape index (κ2) is 4.25. The molecule has 1 aromatic heterocycles. The third-order valence-electron chi connectivity index (χ3n) is 3.00. The fraction of sp³-hybridized carbons (Fsp3) is 0.417. The van der Waals surface area contributed by atoms with Crippen molar-refractivity contribution < 1.29 is 0 Å². The molecule has 1 heterocycles. The molecule has 0 radical (unpaired) electrons. The van der Waals surface area contributed by atoms with Crippen LogP contribution < -0.4 is 5.32 Å². The highest BCUT2D eigenvalue weighted by Crippen LogP contribution is 2.20. The predicted octanol–water partition coefficient (Wildman–Crippen LogP) is 1.43. The highest BCUT2D eigenvalue weighted by molar-refractivity contribution is 5.40. The second-order valence-electron chi connectivity index (χ2n) is 4.58. The van der Waals surface area contributed by atoms with Crippen molar-refractivity contribution in [3.05, 3.63) is 35.7 Å². The van der Waals surface area contributed by atoms with Gasteiger partial charge in [0.25, 0.3) is 0 Å². The van der Waals surface area contributed by atoms with E-state index >= 15 is 0 Å². The van der Waals surface area contributed by atoms with Gasteiger partial charge < -0.3 is 5.32 Å². The van der Waals surface area contributed by atoms with E-state index in [1.807, 2.05) is 52.1 Å². The Balaban J connectivity index is 2.56. The minimum atomic E-state index is -0.272. The summed E-state index contributed by atoms with van der Waals surface area (Å²) in [4.78, 5) is 0. The molecule has 1 N–H and O–H groups in total. The Morgan fingerprint density at radius 1 is 1.24 bits per heavy atom. The summed E-state index contributed by atoms with van der Waals surface area (Å²) in [5, 5.41) is 15.2. The Morgan fingerprint density at radius 3 is 2.59 bits per heavy atom. The van der Waals surface area contributed by atoms with E-state index in [-0.39, 0.29) is 5.54 Å². The van der Waals surface area contributed by atoms with Crippen LogP contribution in [-0.2, 0) is 5.54 Å². The summed E-state index contributed by atoms with van der Waals surface area (Å²) in [5.74, 6) is 0.800. The number of tetrazole rings is 1. The number of hydrogen-bond donors (Lipinski definition) is 1. The minimum Gasteiger partial charge on any atom is -0.308 e. The van der Waals surface area contributed by atoms with Crippen LogP contribution in [-0.4, -0.2) is 27.3 Å². The van der Waals surface area contributed by atoms with Crippen molar-refractivity contribution in [2.24, 2.45) is 0 Å². The quantitative estimate of drug-likeness (QED) is 0.868.